The van der Waals surface area contributed by atoms with Crippen LogP contribution < -0.4 is 5.32 Å². The smallest absolute Gasteiger partial charge is 0.317 e. The van der Waals surface area contributed by atoms with Gasteiger partial charge in [-0.3, -0.25) is 4.79 Å². The summed E-state index contributed by atoms with van der Waals surface area (Å²) in [7, 11) is 1.80. The van der Waals surface area contributed by atoms with Gasteiger partial charge in [0.15, 0.2) is 0 Å². The van der Waals surface area contributed by atoms with Crippen molar-refractivity contribution in [2.45, 2.75) is 51.6 Å². The molecular formula is C15H26N2O4. The number of carbonyl (C=O) groups excluding carboxylic acids is 1. The topological polar surface area (TPSA) is 78.9 Å². The Kier molecular flexibility index (Phi) is 4.76. The zero-order valence-corrected chi connectivity index (χ0v) is 13.1. The molecule has 0 aromatic rings. The number of hydrogen-bond donors (Lipinski definition) is 2. The second-order valence-corrected chi connectivity index (χ2v) is 6.68. The molecule has 2 fully saturated rings. The van der Waals surface area contributed by atoms with Crippen LogP contribution >= 0.6 is 0 Å². The normalized spacial score (nSPS) is 36.2. The maximum absolute atomic E-state index is 12.4. The summed E-state index contributed by atoms with van der Waals surface area (Å²) in [5.41, 5.74) is -1.05. The molecule has 6 nitrogen and oxygen atoms in total. The average Bonchev–Trinajstić information content (AvgIpc) is 2.81. The third-order valence-corrected chi connectivity index (χ3v) is 5.13. The molecule has 2 aliphatic rings. The number of carboxylic acids is 1. The molecule has 4 unspecified atom stereocenters. The minimum Gasteiger partial charge on any atom is -0.481 e. The van der Waals surface area contributed by atoms with E-state index in [9.17, 15) is 14.7 Å². The number of nitrogens with zero attached hydrogens (tertiary/aromatic N) is 1. The van der Waals surface area contributed by atoms with Gasteiger partial charge in [0.05, 0.1) is 19.3 Å². The number of aliphatic carboxylic acids is 1. The molecule has 1 saturated heterocycles. The van der Waals surface area contributed by atoms with Crippen LogP contribution in [0.2, 0.25) is 0 Å². The highest BCUT2D eigenvalue weighted by Gasteiger charge is 2.47. The first-order chi connectivity index (χ1) is 9.86. The predicted molar refractivity (Wildman–Crippen MR) is 78.1 cm³/mol. The Labute approximate surface area is 125 Å². The van der Waals surface area contributed by atoms with Crippen LogP contribution in [0.1, 0.15) is 39.5 Å². The highest BCUT2D eigenvalue weighted by molar-refractivity contribution is 5.79. The molecule has 2 N–H and O–H groups in total. The minimum atomic E-state index is -1.05. The van der Waals surface area contributed by atoms with Crippen molar-refractivity contribution in [1.29, 1.82) is 0 Å². The lowest BCUT2D eigenvalue weighted by molar-refractivity contribution is -0.148. The van der Waals surface area contributed by atoms with Gasteiger partial charge in [-0.15, -0.1) is 0 Å². The van der Waals surface area contributed by atoms with Crippen molar-refractivity contribution in [2.24, 2.45) is 11.3 Å². The molecule has 0 aromatic heterocycles. The summed E-state index contributed by atoms with van der Waals surface area (Å²) in [6.07, 6.45) is 4.52. The lowest BCUT2D eigenvalue weighted by Crippen LogP contribution is -2.55. The van der Waals surface area contributed by atoms with E-state index in [1.165, 1.54) is 6.42 Å². The summed E-state index contributed by atoms with van der Waals surface area (Å²) >= 11 is 0. The standard InChI is InChI=1S/C15H26N2O4/c1-10-6-4-5-7-11(10)17(3)14(20)16-12-8-21-9-15(12,2)13(18)19/h10-12H,4-9H2,1-3H3,(H,16,20)(H,18,19). The molecule has 0 bridgehead atoms. The van der Waals surface area contributed by atoms with Crippen molar-refractivity contribution in [3.63, 3.8) is 0 Å². The molecule has 1 heterocycles. The first kappa shape index (κ1) is 16.1. The zero-order valence-electron chi connectivity index (χ0n) is 13.1. The molecule has 0 spiro atoms. The molecule has 1 aliphatic carbocycles. The lowest BCUT2D eigenvalue weighted by Gasteiger charge is -2.37. The van der Waals surface area contributed by atoms with Crippen LogP contribution in [0, 0.1) is 11.3 Å². The van der Waals surface area contributed by atoms with E-state index in [4.69, 9.17) is 4.74 Å². The first-order valence-electron chi connectivity index (χ1n) is 7.70. The van der Waals surface area contributed by atoms with Gasteiger partial charge < -0.3 is 20.1 Å². The fourth-order valence-corrected chi connectivity index (χ4v) is 3.36. The van der Waals surface area contributed by atoms with Crippen molar-refractivity contribution in [3.05, 3.63) is 0 Å². The Morgan fingerprint density at radius 2 is 2.00 bits per heavy atom. The van der Waals surface area contributed by atoms with E-state index in [0.29, 0.717) is 5.92 Å². The molecule has 120 valence electrons. The monoisotopic (exact) mass is 298 g/mol. The van der Waals surface area contributed by atoms with Crippen molar-refractivity contribution in [1.82, 2.24) is 10.2 Å². The van der Waals surface area contributed by atoms with Crippen molar-refractivity contribution in [2.75, 3.05) is 20.3 Å². The molecule has 2 rings (SSSR count). The van der Waals surface area contributed by atoms with Crippen molar-refractivity contribution >= 4 is 12.0 Å². The summed E-state index contributed by atoms with van der Waals surface area (Å²) in [5.74, 6) is -0.445. The van der Waals surface area contributed by atoms with Gasteiger partial charge in [0, 0.05) is 13.1 Å². The number of carbonyl (C=O) groups is 2. The van der Waals surface area contributed by atoms with Gasteiger partial charge in [0.25, 0.3) is 0 Å². The van der Waals surface area contributed by atoms with Crippen LogP contribution in [0.15, 0.2) is 0 Å². The van der Waals surface area contributed by atoms with E-state index in [1.807, 2.05) is 0 Å². The summed E-state index contributed by atoms with van der Waals surface area (Å²) in [6, 6.07) is -0.447. The van der Waals surface area contributed by atoms with Crippen LogP contribution in [0.4, 0.5) is 4.79 Å². The number of carboxylic acid groups (broad SMARTS) is 1. The number of ether oxygens (including phenoxy) is 1. The maximum atomic E-state index is 12.4. The zero-order chi connectivity index (χ0) is 15.6. The number of nitrogens with one attached hydrogen (secondary N) is 1. The summed E-state index contributed by atoms with van der Waals surface area (Å²) in [4.78, 5) is 25.6. The predicted octanol–water partition coefficient (Wildman–Crippen LogP) is 1.70. The third kappa shape index (κ3) is 3.15. The second-order valence-electron chi connectivity index (χ2n) is 6.68. The Morgan fingerprint density at radius 1 is 1.33 bits per heavy atom. The van der Waals surface area contributed by atoms with Crippen molar-refractivity contribution in [3.8, 4) is 0 Å². The number of rotatable bonds is 3. The fraction of sp³-hybridized carbons (Fsp3) is 0.867. The molecule has 1 saturated carbocycles. The van der Waals surface area contributed by atoms with Gasteiger partial charge in [-0.1, -0.05) is 19.8 Å². The molecule has 2 amide bonds. The summed E-state index contributed by atoms with van der Waals surface area (Å²) in [6.45, 7) is 4.18. The first-order valence-corrected chi connectivity index (χ1v) is 7.70. The Morgan fingerprint density at radius 3 is 2.62 bits per heavy atom. The molecule has 4 atom stereocenters. The molecular weight excluding hydrogens is 272 g/mol. The van der Waals surface area contributed by atoms with Gasteiger partial charge in [0.2, 0.25) is 0 Å². The Bertz CT molecular complexity index is 414. The molecule has 0 radical (unpaired) electrons. The highest BCUT2D eigenvalue weighted by Crippen LogP contribution is 2.30. The van der Waals surface area contributed by atoms with E-state index < -0.39 is 17.4 Å². The summed E-state index contributed by atoms with van der Waals surface area (Å²) in [5, 5.41) is 12.2. The van der Waals surface area contributed by atoms with Gasteiger partial charge in [-0.05, 0) is 25.7 Å². The van der Waals surface area contributed by atoms with Crippen LogP contribution in [-0.2, 0) is 9.53 Å². The van der Waals surface area contributed by atoms with E-state index in [-0.39, 0.29) is 25.3 Å². The Hall–Kier alpha value is -1.30. The van der Waals surface area contributed by atoms with E-state index in [2.05, 4.69) is 12.2 Å². The van der Waals surface area contributed by atoms with E-state index >= 15 is 0 Å². The maximum Gasteiger partial charge on any atom is 0.317 e. The van der Waals surface area contributed by atoms with Gasteiger partial charge in [0.1, 0.15) is 5.41 Å². The average molecular weight is 298 g/mol. The largest absolute Gasteiger partial charge is 0.481 e. The summed E-state index contributed by atoms with van der Waals surface area (Å²) < 4.78 is 5.27. The number of urea groups is 1. The lowest BCUT2D eigenvalue weighted by atomic mass is 9.84. The van der Waals surface area contributed by atoms with Crippen molar-refractivity contribution < 1.29 is 19.4 Å². The molecule has 0 aromatic carbocycles. The molecule has 6 heteroatoms. The Balaban J connectivity index is 1.99. The molecule has 1 aliphatic heterocycles. The van der Waals surface area contributed by atoms with Gasteiger partial charge >= 0.3 is 12.0 Å². The third-order valence-electron chi connectivity index (χ3n) is 5.13. The van der Waals surface area contributed by atoms with E-state index in [0.717, 1.165) is 19.3 Å². The number of hydrogen-bond acceptors (Lipinski definition) is 3. The van der Waals surface area contributed by atoms with Crippen LogP contribution in [0.3, 0.4) is 0 Å². The van der Waals surface area contributed by atoms with Crippen LogP contribution in [-0.4, -0.2) is 54.4 Å². The van der Waals surface area contributed by atoms with Gasteiger partial charge in [-0.2, -0.15) is 0 Å². The van der Waals surface area contributed by atoms with Crippen LogP contribution in [0.25, 0.3) is 0 Å². The quantitative estimate of drug-likeness (QED) is 0.831. The SMILES string of the molecule is CC1CCCCC1N(C)C(=O)NC1COCC1(C)C(=O)O. The number of amides is 2. The van der Waals surface area contributed by atoms with E-state index in [1.54, 1.807) is 18.9 Å². The minimum absolute atomic E-state index is 0.136. The van der Waals surface area contributed by atoms with Crippen LogP contribution in [0.5, 0.6) is 0 Å². The fourth-order valence-electron chi connectivity index (χ4n) is 3.36. The highest BCUT2D eigenvalue weighted by atomic mass is 16.5. The van der Waals surface area contributed by atoms with Gasteiger partial charge in [-0.25, -0.2) is 4.79 Å². The molecule has 21 heavy (non-hydrogen) atoms. The second kappa shape index (κ2) is 6.22.